The van der Waals surface area contributed by atoms with Crippen LogP contribution in [0.5, 0.6) is 0 Å². The maximum Gasteiger partial charge on any atom is 0.408 e. The highest BCUT2D eigenvalue weighted by molar-refractivity contribution is 6.00. The number of hydrogen-bond donors (Lipinski definition) is 6. The van der Waals surface area contributed by atoms with Crippen molar-refractivity contribution in [2.45, 2.75) is 169 Å². The first-order chi connectivity index (χ1) is 39.8. The lowest BCUT2D eigenvalue weighted by atomic mass is 9.88. The Kier molecular flexibility index (Phi) is 27.1. The zero-order valence-electron chi connectivity index (χ0n) is 50.3. The number of ether oxygens (including phenoxy) is 2. The van der Waals surface area contributed by atoms with Crippen molar-refractivity contribution in [3.63, 3.8) is 0 Å². The first-order valence-electron chi connectivity index (χ1n) is 28.4. The number of carbonyl (C=O) groups excluding carboxylic acids is 5. The summed E-state index contributed by atoms with van der Waals surface area (Å²) in [6.45, 7) is 22.0. The van der Waals surface area contributed by atoms with E-state index in [-0.39, 0.29) is 36.8 Å². The van der Waals surface area contributed by atoms with E-state index in [2.05, 4.69) is 33.2 Å². The minimum absolute atomic E-state index is 0.00928. The van der Waals surface area contributed by atoms with Gasteiger partial charge in [-0.2, -0.15) is 0 Å². The number of aldehydes is 1. The molecule has 1 fully saturated rings. The van der Waals surface area contributed by atoms with Gasteiger partial charge in [-0.3, -0.25) is 14.6 Å². The van der Waals surface area contributed by atoms with Gasteiger partial charge in [0.25, 0.3) is 11.8 Å². The molecule has 1 aromatic heterocycles. The minimum atomic E-state index is -1.19. The number of amides is 4. The number of aryl methyl sites for hydroxylation is 2. The van der Waals surface area contributed by atoms with Crippen LogP contribution >= 0.6 is 0 Å². The van der Waals surface area contributed by atoms with Crippen molar-refractivity contribution in [1.29, 1.82) is 0 Å². The highest BCUT2D eigenvalue weighted by atomic mass is 19.2. The fourth-order valence-electron chi connectivity index (χ4n) is 9.28. The van der Waals surface area contributed by atoms with Gasteiger partial charge in [0.05, 0.1) is 29.9 Å². The molecule has 464 valence electrons. The van der Waals surface area contributed by atoms with Gasteiger partial charge in [0.15, 0.2) is 0 Å². The van der Waals surface area contributed by atoms with Crippen molar-refractivity contribution >= 4 is 30.3 Å². The van der Waals surface area contributed by atoms with E-state index in [9.17, 15) is 60.5 Å². The first kappa shape index (κ1) is 70.1. The molecule has 1 saturated heterocycles. The molecule has 5 aromatic rings. The van der Waals surface area contributed by atoms with Gasteiger partial charge < -0.3 is 50.6 Å². The third-order valence-electron chi connectivity index (χ3n) is 13.0. The Balaban J connectivity index is 0.000000289. The largest absolute Gasteiger partial charge is 0.444 e. The molecule has 0 bridgehead atoms. The summed E-state index contributed by atoms with van der Waals surface area (Å²) in [4.78, 5) is 67.2. The standard InChI is InChI=1S/C30H41F2N3O3.C20H24F2N2O3.C14H17F2NO3/c1-5-9-35(10-6-2)30(38)23-12-20(4)11-22(16-23)29(37)34-27(15-21-13-24(31)17-25(32)14-21)28(36)26-8-7-19(3)18-33-26;1-12-5-6-16(23-11-12)18(25)17(24-19(26)27-20(2,3)4)9-13-7-14(21)10-15(22)8-13;1-14(2,3)20-13(19)17-12(8-18)6-9-4-10(15)7-11(16)5-9/h11-14,16-17,19,26-28,33,36H,5-10,15,18H2,1-4H3,(H,34,37);5-8,10-11,17-18,25H,9H2,1-4H3,(H,24,26);4-5,7-8,12H,6H2,1-3H3,(H,17,19)/t19?,26?,27-,28+;17-,18?;12-/m000/s1. The number of alkyl carbamates (subject to hydrolysis) is 2. The molecule has 15 nitrogen and oxygen atoms in total. The Labute approximate surface area is 494 Å². The summed E-state index contributed by atoms with van der Waals surface area (Å²) in [5.41, 5.74) is 2.23. The number of pyridine rings is 1. The molecule has 6 rings (SSSR count). The molecular formula is C64H82F6N6O9. The number of rotatable bonds is 20. The number of aliphatic hydroxyl groups is 2. The number of piperidine rings is 1. The lowest BCUT2D eigenvalue weighted by molar-refractivity contribution is -0.109. The summed E-state index contributed by atoms with van der Waals surface area (Å²) in [7, 11) is 0. The van der Waals surface area contributed by atoms with Gasteiger partial charge in [-0.15, -0.1) is 0 Å². The zero-order chi connectivity index (χ0) is 63.3. The number of nitrogens with zero attached hydrogens (tertiary/aromatic N) is 2. The second kappa shape index (κ2) is 32.8. The van der Waals surface area contributed by atoms with Gasteiger partial charge in [0, 0.05) is 54.7 Å². The van der Waals surface area contributed by atoms with E-state index in [1.807, 2.05) is 27.7 Å². The van der Waals surface area contributed by atoms with Crippen LogP contribution in [0, 0.1) is 54.7 Å². The van der Waals surface area contributed by atoms with Gasteiger partial charge in [0.1, 0.15) is 58.5 Å². The van der Waals surface area contributed by atoms with Crippen LogP contribution in [-0.4, -0.2) is 111 Å². The Morgan fingerprint density at radius 2 is 1.12 bits per heavy atom. The summed E-state index contributed by atoms with van der Waals surface area (Å²) in [6.07, 6.45) is 1.75. The smallest absolute Gasteiger partial charge is 0.408 e. The number of benzene rings is 4. The van der Waals surface area contributed by atoms with Crippen LogP contribution in [0.4, 0.5) is 35.9 Å². The number of halogens is 6. The van der Waals surface area contributed by atoms with E-state index in [1.165, 1.54) is 12.1 Å². The van der Waals surface area contributed by atoms with Crippen LogP contribution < -0.4 is 21.3 Å². The van der Waals surface area contributed by atoms with Crippen LogP contribution in [0.25, 0.3) is 0 Å². The first-order valence-corrected chi connectivity index (χ1v) is 28.4. The van der Waals surface area contributed by atoms with Crippen molar-refractivity contribution in [2.24, 2.45) is 5.92 Å². The van der Waals surface area contributed by atoms with E-state index in [0.717, 1.165) is 85.8 Å². The highest BCUT2D eigenvalue weighted by Gasteiger charge is 2.33. The Morgan fingerprint density at radius 3 is 1.55 bits per heavy atom. The van der Waals surface area contributed by atoms with E-state index >= 15 is 0 Å². The van der Waals surface area contributed by atoms with Gasteiger partial charge in [0.2, 0.25) is 0 Å². The molecule has 3 unspecified atom stereocenters. The SMILES string of the molecule is CC(C)(C)OC(=O)N[C@H](C=O)Cc1cc(F)cc(F)c1.CCCN(CCC)C(=O)c1cc(C)cc(C(=O)N[C@@H](Cc2cc(F)cc(F)c2)[C@H](O)C2CCC(C)CN2)c1.Cc1ccc(C(O)[C@H](Cc2cc(F)cc(F)c2)NC(=O)OC(C)(C)C)nc1. The maximum atomic E-state index is 13.9. The molecule has 0 aliphatic carbocycles. The van der Waals surface area contributed by atoms with Crippen molar-refractivity contribution in [3.8, 4) is 0 Å². The Morgan fingerprint density at radius 1 is 0.647 bits per heavy atom. The predicted molar refractivity (Wildman–Crippen MR) is 312 cm³/mol. The summed E-state index contributed by atoms with van der Waals surface area (Å²) >= 11 is 0. The minimum Gasteiger partial charge on any atom is -0.444 e. The average molecular weight is 1190 g/mol. The molecule has 6 N–H and O–H groups in total. The molecule has 85 heavy (non-hydrogen) atoms. The topological polar surface area (TPSA) is 209 Å². The number of nitrogens with one attached hydrogen (secondary N) is 4. The molecule has 4 amide bonds. The number of carbonyl (C=O) groups is 5. The van der Waals surface area contributed by atoms with E-state index in [0.29, 0.717) is 53.2 Å². The maximum absolute atomic E-state index is 13.9. The summed E-state index contributed by atoms with van der Waals surface area (Å²) in [5, 5.41) is 33.1. The molecule has 0 spiro atoms. The molecule has 1 aliphatic heterocycles. The Bertz CT molecular complexity index is 2940. The summed E-state index contributed by atoms with van der Waals surface area (Å²) in [5.74, 6) is -4.46. The molecule has 4 aromatic carbocycles. The fourth-order valence-corrected chi connectivity index (χ4v) is 9.28. The van der Waals surface area contributed by atoms with Gasteiger partial charge in [-0.1, -0.05) is 26.8 Å². The molecule has 0 saturated carbocycles. The predicted octanol–water partition coefficient (Wildman–Crippen LogP) is 11.1. The molecule has 7 atom stereocenters. The third kappa shape index (κ3) is 25.0. The van der Waals surface area contributed by atoms with E-state index < -0.39 is 94.5 Å². The molecule has 1 aliphatic rings. The molecular weight excluding hydrogens is 1110 g/mol. The second-order valence-corrected chi connectivity index (χ2v) is 23.4. The third-order valence-corrected chi connectivity index (χ3v) is 13.0. The van der Waals surface area contributed by atoms with E-state index in [4.69, 9.17) is 9.47 Å². The number of hydrogen-bond acceptors (Lipinski definition) is 11. The average Bonchev–Trinajstić information content (AvgIpc) is 3.25. The van der Waals surface area contributed by atoms with Crippen LogP contribution in [0.3, 0.4) is 0 Å². The fraction of sp³-hybridized carbons (Fsp3) is 0.469. The van der Waals surface area contributed by atoms with Crippen LogP contribution in [0.1, 0.15) is 148 Å². The summed E-state index contributed by atoms with van der Waals surface area (Å²) in [6, 6.07) is 14.8. The van der Waals surface area contributed by atoms with E-state index in [1.54, 1.807) is 83.0 Å². The van der Waals surface area contributed by atoms with Crippen molar-refractivity contribution in [3.05, 3.63) is 171 Å². The number of aliphatic hydroxyl groups excluding tert-OH is 2. The van der Waals surface area contributed by atoms with Crippen molar-refractivity contribution < 1.29 is 70.0 Å². The lowest BCUT2D eigenvalue weighted by Gasteiger charge is -2.35. The zero-order valence-corrected chi connectivity index (χ0v) is 50.3. The van der Waals surface area contributed by atoms with Gasteiger partial charge in [-0.25, -0.2) is 35.9 Å². The molecule has 21 heteroatoms. The van der Waals surface area contributed by atoms with Crippen molar-refractivity contribution in [2.75, 3.05) is 19.6 Å². The normalized spacial score (nSPS) is 15.8. The van der Waals surface area contributed by atoms with Crippen molar-refractivity contribution in [1.82, 2.24) is 31.2 Å². The Hall–Kier alpha value is -7.36. The van der Waals surface area contributed by atoms with Gasteiger partial charge >= 0.3 is 12.2 Å². The van der Waals surface area contributed by atoms with Gasteiger partial charge in [-0.05, 0) is 201 Å². The van der Waals surface area contributed by atoms with Crippen LogP contribution in [0.2, 0.25) is 0 Å². The monoisotopic (exact) mass is 1190 g/mol. The summed E-state index contributed by atoms with van der Waals surface area (Å²) < 4.78 is 91.1. The molecule has 2 heterocycles. The lowest BCUT2D eigenvalue weighted by Crippen LogP contribution is -2.56. The highest BCUT2D eigenvalue weighted by Crippen LogP contribution is 2.24. The second-order valence-electron chi connectivity index (χ2n) is 23.4. The van der Waals surface area contributed by atoms with Crippen LogP contribution in [-0.2, 0) is 33.5 Å². The quantitative estimate of drug-likeness (QED) is 0.0319. The molecule has 0 radical (unpaired) electrons. The van der Waals surface area contributed by atoms with Crippen LogP contribution in [0.15, 0.2) is 91.1 Å². The number of aromatic nitrogens is 1.